The van der Waals surface area contributed by atoms with Crippen molar-refractivity contribution in [2.24, 2.45) is 17.0 Å². The molecule has 17 heavy (non-hydrogen) atoms. The van der Waals surface area contributed by atoms with Crippen LogP contribution in [0.15, 0.2) is 29.4 Å². The van der Waals surface area contributed by atoms with Gasteiger partial charge in [0, 0.05) is 29.1 Å². The number of halogens is 1. The van der Waals surface area contributed by atoms with Gasteiger partial charge in [-0.15, -0.1) is 0 Å². The first-order chi connectivity index (χ1) is 8.29. The molecule has 0 radical (unpaired) electrons. The molecule has 4 heteroatoms. The van der Waals surface area contributed by atoms with Gasteiger partial charge in [0.05, 0.1) is 0 Å². The Morgan fingerprint density at radius 1 is 1.47 bits per heavy atom. The zero-order valence-electron chi connectivity index (χ0n) is 9.69. The number of nitrogens with zero attached hydrogens (tertiary/aromatic N) is 1. The van der Waals surface area contributed by atoms with Crippen LogP contribution in [0.4, 0.5) is 0 Å². The van der Waals surface area contributed by atoms with Crippen molar-refractivity contribution in [1.82, 2.24) is 5.32 Å². The van der Waals surface area contributed by atoms with Crippen LogP contribution in [0.25, 0.3) is 0 Å². The van der Waals surface area contributed by atoms with Crippen LogP contribution in [-0.4, -0.2) is 26.4 Å². The quantitative estimate of drug-likeness (QED) is 0.658. The lowest BCUT2D eigenvalue weighted by Crippen LogP contribution is -2.23. The second kappa shape index (κ2) is 4.00. The normalized spacial score (nSPS) is 34.9. The molecule has 3 rings (SSSR count). The second-order valence-corrected chi connectivity index (χ2v) is 5.18. The Kier molecular flexibility index (Phi) is 2.60. The minimum absolute atomic E-state index is 0.215. The van der Waals surface area contributed by atoms with Gasteiger partial charge in [-0.2, -0.15) is 0 Å². The number of piperidine rings is 1. The first-order valence-electron chi connectivity index (χ1n) is 5.82. The predicted octanol–water partition coefficient (Wildman–Crippen LogP) is 2.06. The highest BCUT2D eigenvalue weighted by Gasteiger charge is 2.67. The maximum atomic E-state index is 5.94. The van der Waals surface area contributed by atoms with Crippen LogP contribution >= 0.6 is 11.6 Å². The van der Waals surface area contributed by atoms with E-state index >= 15 is 0 Å². The Morgan fingerprint density at radius 2 is 2.24 bits per heavy atom. The first-order valence-corrected chi connectivity index (χ1v) is 6.20. The number of hydrogen-bond donors (Lipinski definition) is 1. The van der Waals surface area contributed by atoms with Gasteiger partial charge in [-0.25, -0.2) is 0 Å². The minimum atomic E-state index is 0.215. The summed E-state index contributed by atoms with van der Waals surface area (Å²) in [6.45, 7) is 2.07. The van der Waals surface area contributed by atoms with E-state index in [9.17, 15) is 0 Å². The van der Waals surface area contributed by atoms with Crippen LogP contribution in [0.5, 0.6) is 0 Å². The fourth-order valence-electron chi connectivity index (χ4n) is 3.18. The van der Waals surface area contributed by atoms with Crippen LogP contribution in [0.2, 0.25) is 5.02 Å². The Morgan fingerprint density at radius 3 is 2.94 bits per heavy atom. The summed E-state index contributed by atoms with van der Waals surface area (Å²) in [5.74, 6) is 1.13. The third kappa shape index (κ3) is 1.57. The van der Waals surface area contributed by atoms with Crippen molar-refractivity contribution in [3.8, 4) is 0 Å². The molecule has 3 nitrogen and oxygen atoms in total. The maximum Gasteiger partial charge on any atom is 0.106 e. The number of fused-ring (bicyclic) bond motifs is 1. The smallest absolute Gasteiger partial charge is 0.106 e. The molecular weight excluding hydrogens is 236 g/mol. The van der Waals surface area contributed by atoms with E-state index in [1.165, 1.54) is 5.56 Å². The molecule has 1 heterocycles. The van der Waals surface area contributed by atoms with Crippen molar-refractivity contribution in [2.45, 2.75) is 5.41 Å². The van der Waals surface area contributed by atoms with Crippen molar-refractivity contribution >= 4 is 17.8 Å². The third-order valence-corrected chi connectivity index (χ3v) is 4.32. The molecule has 3 atom stereocenters. The zero-order chi connectivity index (χ0) is 11.9. The molecule has 2 aliphatic rings. The molecule has 1 saturated carbocycles. The lowest BCUT2D eigenvalue weighted by atomic mass is 9.93. The summed E-state index contributed by atoms with van der Waals surface area (Å²) in [6.07, 6.45) is 1.94. The average molecular weight is 251 g/mol. The summed E-state index contributed by atoms with van der Waals surface area (Å²) < 4.78 is 0. The molecule has 3 unspecified atom stereocenters. The molecule has 1 aliphatic heterocycles. The lowest BCUT2D eigenvalue weighted by Gasteiger charge is -2.14. The van der Waals surface area contributed by atoms with Gasteiger partial charge in [-0.3, -0.25) is 0 Å². The van der Waals surface area contributed by atoms with Gasteiger partial charge in [0.2, 0.25) is 0 Å². The number of rotatable bonds is 3. The summed E-state index contributed by atoms with van der Waals surface area (Å²) in [7, 11) is 1.59. The first kappa shape index (κ1) is 11.1. The van der Waals surface area contributed by atoms with Gasteiger partial charge in [0.25, 0.3) is 0 Å². The molecule has 90 valence electrons. The molecule has 1 aromatic carbocycles. The van der Waals surface area contributed by atoms with Gasteiger partial charge in [0.15, 0.2) is 0 Å². The van der Waals surface area contributed by atoms with Crippen molar-refractivity contribution in [2.75, 3.05) is 20.2 Å². The minimum Gasteiger partial charge on any atom is -0.399 e. The molecule has 0 spiro atoms. The summed E-state index contributed by atoms with van der Waals surface area (Å²) in [4.78, 5) is 4.79. The van der Waals surface area contributed by atoms with E-state index < -0.39 is 0 Å². The number of oxime groups is 1. The average Bonchev–Trinajstić information content (AvgIpc) is 2.74. The maximum absolute atomic E-state index is 5.94. The van der Waals surface area contributed by atoms with E-state index in [-0.39, 0.29) is 5.41 Å². The van der Waals surface area contributed by atoms with Gasteiger partial charge in [-0.1, -0.05) is 28.9 Å². The van der Waals surface area contributed by atoms with Gasteiger partial charge in [-0.05, 0) is 30.2 Å². The Balaban J connectivity index is 1.90. The highest BCUT2D eigenvalue weighted by Crippen LogP contribution is 2.61. The van der Waals surface area contributed by atoms with Gasteiger partial charge >= 0.3 is 0 Å². The van der Waals surface area contributed by atoms with Crippen LogP contribution in [0.3, 0.4) is 0 Å². The van der Waals surface area contributed by atoms with Crippen LogP contribution in [-0.2, 0) is 10.3 Å². The molecule has 2 fully saturated rings. The predicted molar refractivity (Wildman–Crippen MR) is 68.5 cm³/mol. The molecule has 0 amide bonds. The van der Waals surface area contributed by atoms with E-state index in [0.717, 1.165) is 18.1 Å². The highest BCUT2D eigenvalue weighted by atomic mass is 35.5. The van der Waals surface area contributed by atoms with E-state index in [0.29, 0.717) is 11.8 Å². The fourth-order valence-corrected chi connectivity index (χ4v) is 3.30. The Labute approximate surface area is 106 Å². The zero-order valence-corrected chi connectivity index (χ0v) is 10.4. The number of hydrogen-bond acceptors (Lipinski definition) is 3. The van der Waals surface area contributed by atoms with Crippen molar-refractivity contribution in [3.63, 3.8) is 0 Å². The summed E-state index contributed by atoms with van der Waals surface area (Å²) in [5.41, 5.74) is 1.57. The molecule has 1 aliphatic carbocycles. The van der Waals surface area contributed by atoms with Crippen LogP contribution in [0, 0.1) is 11.8 Å². The van der Waals surface area contributed by atoms with Crippen molar-refractivity contribution in [3.05, 3.63) is 34.9 Å². The molecular formula is C13H15ClN2O. The monoisotopic (exact) mass is 250 g/mol. The lowest BCUT2D eigenvalue weighted by molar-refractivity contribution is 0.214. The molecule has 0 aromatic heterocycles. The molecule has 1 saturated heterocycles. The summed E-state index contributed by atoms with van der Waals surface area (Å²) in [5, 5.41) is 8.16. The van der Waals surface area contributed by atoms with Crippen molar-refractivity contribution in [1.29, 1.82) is 0 Å². The second-order valence-electron chi connectivity index (χ2n) is 4.75. The number of benzene rings is 1. The Bertz CT molecular complexity index is 445. The summed E-state index contributed by atoms with van der Waals surface area (Å²) in [6, 6.07) is 8.18. The van der Waals surface area contributed by atoms with E-state index in [2.05, 4.69) is 22.6 Å². The van der Waals surface area contributed by atoms with Gasteiger partial charge in [0.1, 0.15) is 7.11 Å². The molecule has 1 N–H and O–H groups in total. The number of nitrogens with one attached hydrogen (secondary N) is 1. The highest BCUT2D eigenvalue weighted by molar-refractivity contribution is 6.30. The van der Waals surface area contributed by atoms with Crippen LogP contribution < -0.4 is 5.32 Å². The summed E-state index contributed by atoms with van der Waals surface area (Å²) >= 11 is 5.94. The molecule has 0 bridgehead atoms. The molecule has 1 aromatic rings. The largest absolute Gasteiger partial charge is 0.399 e. The van der Waals surface area contributed by atoms with Crippen molar-refractivity contribution < 1.29 is 4.84 Å². The van der Waals surface area contributed by atoms with E-state index in [1.807, 2.05) is 18.3 Å². The fraction of sp³-hybridized carbons (Fsp3) is 0.462. The Hall–Kier alpha value is -1.06. The SMILES string of the molecule is CO/N=C/C1C2CNCC12c1ccc(Cl)cc1. The topological polar surface area (TPSA) is 33.6 Å². The van der Waals surface area contributed by atoms with E-state index in [4.69, 9.17) is 16.4 Å². The van der Waals surface area contributed by atoms with Crippen LogP contribution in [0.1, 0.15) is 5.56 Å². The van der Waals surface area contributed by atoms with E-state index in [1.54, 1.807) is 7.11 Å². The third-order valence-electron chi connectivity index (χ3n) is 4.07. The standard InChI is InChI=1S/C13H15ClN2O/c1-17-16-7-12-11-6-15-8-13(11,12)9-2-4-10(14)5-3-9/h2-5,7,11-12,15H,6,8H2,1H3/b16-7+. The van der Waals surface area contributed by atoms with Gasteiger partial charge < -0.3 is 10.2 Å².